The molecule has 5 aromatic rings. The third-order valence-electron chi connectivity index (χ3n) is 7.07. The van der Waals surface area contributed by atoms with Crippen molar-refractivity contribution < 1.29 is 12.3 Å². The van der Waals surface area contributed by atoms with Gasteiger partial charge in [0, 0.05) is 22.3 Å². The zero-order valence-corrected chi connectivity index (χ0v) is 21.2. The highest BCUT2D eigenvalue weighted by molar-refractivity contribution is 7.86. The predicted molar refractivity (Wildman–Crippen MR) is 143 cm³/mol. The molecular formula is C29H24FN3O3S. The van der Waals surface area contributed by atoms with E-state index in [1.807, 2.05) is 18.2 Å². The van der Waals surface area contributed by atoms with Crippen LogP contribution in [-0.2, 0) is 16.6 Å². The number of nitriles is 1. The van der Waals surface area contributed by atoms with E-state index in [0.29, 0.717) is 34.0 Å². The number of aromatic nitrogens is 2. The summed E-state index contributed by atoms with van der Waals surface area (Å²) >= 11 is 0. The van der Waals surface area contributed by atoms with Crippen LogP contribution in [0.4, 0.5) is 3.89 Å². The summed E-state index contributed by atoms with van der Waals surface area (Å²) in [6.07, 6.45) is 2.62. The molecule has 2 heterocycles. The van der Waals surface area contributed by atoms with Crippen LogP contribution in [0.3, 0.4) is 0 Å². The van der Waals surface area contributed by atoms with E-state index in [2.05, 4.69) is 29.5 Å². The van der Waals surface area contributed by atoms with Crippen LogP contribution >= 0.6 is 0 Å². The second-order valence-corrected chi connectivity index (χ2v) is 11.6. The molecule has 1 N–H and O–H groups in total. The van der Waals surface area contributed by atoms with Gasteiger partial charge in [0.1, 0.15) is 5.65 Å². The van der Waals surface area contributed by atoms with Gasteiger partial charge in [0.05, 0.1) is 27.4 Å². The average molecular weight is 514 g/mol. The molecule has 6 rings (SSSR count). The van der Waals surface area contributed by atoms with Crippen molar-refractivity contribution in [2.45, 2.75) is 44.0 Å². The van der Waals surface area contributed by atoms with Gasteiger partial charge in [-0.3, -0.25) is 4.79 Å². The second-order valence-electron chi connectivity index (χ2n) is 10.2. The van der Waals surface area contributed by atoms with E-state index < -0.39 is 10.2 Å². The van der Waals surface area contributed by atoms with E-state index in [0.717, 1.165) is 40.4 Å². The molecule has 0 unspecified atom stereocenters. The number of pyridine rings is 1. The summed E-state index contributed by atoms with van der Waals surface area (Å²) in [4.78, 5) is 17.0. The van der Waals surface area contributed by atoms with E-state index in [-0.39, 0.29) is 22.3 Å². The first kappa shape index (κ1) is 23.4. The van der Waals surface area contributed by atoms with Crippen molar-refractivity contribution in [2.75, 3.05) is 0 Å². The molecule has 0 aliphatic heterocycles. The third kappa shape index (κ3) is 3.91. The Morgan fingerprint density at radius 2 is 1.89 bits per heavy atom. The molecule has 0 bridgehead atoms. The summed E-state index contributed by atoms with van der Waals surface area (Å²) in [7, 11) is -4.86. The predicted octanol–water partition coefficient (Wildman–Crippen LogP) is 6.37. The minimum absolute atomic E-state index is 0.0884. The minimum atomic E-state index is -4.86. The van der Waals surface area contributed by atoms with E-state index in [4.69, 9.17) is 0 Å². The first-order valence-electron chi connectivity index (χ1n) is 12.3. The van der Waals surface area contributed by atoms with Gasteiger partial charge in [-0.2, -0.15) is 13.7 Å². The highest BCUT2D eigenvalue weighted by Crippen LogP contribution is 2.42. The Hall–Kier alpha value is -3.96. The number of nitrogens with zero attached hydrogens (tertiary/aromatic N) is 2. The van der Waals surface area contributed by atoms with Crippen molar-refractivity contribution in [3.8, 4) is 17.2 Å². The van der Waals surface area contributed by atoms with Crippen LogP contribution in [0.15, 0.2) is 64.3 Å². The van der Waals surface area contributed by atoms with Crippen molar-refractivity contribution in [1.29, 1.82) is 5.26 Å². The number of hydrogen-bond donors (Lipinski definition) is 1. The number of halogens is 1. The number of hydrogen-bond acceptors (Lipinski definition) is 4. The minimum Gasteiger partial charge on any atom is -0.340 e. The third-order valence-corrected chi connectivity index (χ3v) is 7.89. The summed E-state index contributed by atoms with van der Waals surface area (Å²) in [5.41, 5.74) is 4.90. The van der Waals surface area contributed by atoms with Gasteiger partial charge in [0.25, 0.3) is 0 Å². The van der Waals surface area contributed by atoms with Gasteiger partial charge in [-0.15, -0.1) is 3.89 Å². The lowest BCUT2D eigenvalue weighted by Crippen LogP contribution is -2.12. The molecule has 8 heteroatoms. The van der Waals surface area contributed by atoms with Gasteiger partial charge in [-0.25, -0.2) is 0 Å². The summed E-state index contributed by atoms with van der Waals surface area (Å²) in [6, 6.07) is 17.4. The summed E-state index contributed by atoms with van der Waals surface area (Å²) in [6.45, 7) is 4.16. The Bertz CT molecular complexity index is 1960. The summed E-state index contributed by atoms with van der Waals surface area (Å²) in [5, 5.41) is 11.3. The van der Waals surface area contributed by atoms with Gasteiger partial charge in [-0.05, 0) is 78.3 Å². The van der Waals surface area contributed by atoms with Crippen molar-refractivity contribution in [3.05, 3.63) is 75.9 Å². The molecule has 3 aromatic carbocycles. The zero-order chi connectivity index (χ0) is 26.1. The van der Waals surface area contributed by atoms with Crippen LogP contribution in [0.2, 0.25) is 0 Å². The highest BCUT2D eigenvalue weighted by Gasteiger charge is 2.29. The molecule has 186 valence electrons. The van der Waals surface area contributed by atoms with E-state index in [9.17, 15) is 22.4 Å². The number of aromatic amines is 1. The van der Waals surface area contributed by atoms with E-state index in [1.165, 1.54) is 18.2 Å². The molecule has 1 aliphatic rings. The SMILES string of the molecule is CC(C)Cc1cc2c(=O)c3c4ccc(C#N)cc4[nH]c3n(C3CC3)c2cc1-c1cccc(S(=O)(=O)F)c1. The molecule has 6 nitrogen and oxygen atoms in total. The smallest absolute Gasteiger partial charge is 0.332 e. The van der Waals surface area contributed by atoms with E-state index in [1.54, 1.807) is 18.2 Å². The lowest BCUT2D eigenvalue weighted by atomic mass is 9.91. The van der Waals surface area contributed by atoms with Crippen LogP contribution in [-0.4, -0.2) is 18.0 Å². The number of rotatable bonds is 5. The van der Waals surface area contributed by atoms with Gasteiger partial charge in [0.2, 0.25) is 0 Å². The van der Waals surface area contributed by atoms with Crippen LogP contribution in [0.1, 0.15) is 43.9 Å². The monoisotopic (exact) mass is 513 g/mol. The Kier molecular flexibility index (Phi) is 5.25. The quantitative estimate of drug-likeness (QED) is 0.276. The van der Waals surface area contributed by atoms with Crippen molar-refractivity contribution in [2.24, 2.45) is 5.92 Å². The fourth-order valence-corrected chi connectivity index (χ4v) is 5.85. The van der Waals surface area contributed by atoms with Gasteiger partial charge in [0.15, 0.2) is 5.43 Å². The largest absolute Gasteiger partial charge is 0.340 e. The summed E-state index contributed by atoms with van der Waals surface area (Å²) in [5.74, 6) is 0.274. The fourth-order valence-electron chi connectivity index (χ4n) is 5.34. The average Bonchev–Trinajstić information content (AvgIpc) is 3.62. The van der Waals surface area contributed by atoms with E-state index >= 15 is 0 Å². The van der Waals surface area contributed by atoms with Crippen LogP contribution in [0, 0.1) is 17.2 Å². The molecule has 0 radical (unpaired) electrons. The molecule has 1 fully saturated rings. The molecule has 1 saturated carbocycles. The zero-order valence-electron chi connectivity index (χ0n) is 20.4. The van der Waals surface area contributed by atoms with Gasteiger partial charge < -0.3 is 9.55 Å². The Balaban J connectivity index is 1.73. The first-order valence-corrected chi connectivity index (χ1v) is 13.7. The number of fused-ring (bicyclic) bond motifs is 4. The second kappa shape index (κ2) is 8.29. The first-order chi connectivity index (χ1) is 17.7. The molecule has 0 amide bonds. The molecule has 1 aliphatic carbocycles. The van der Waals surface area contributed by atoms with Gasteiger partial charge >= 0.3 is 10.2 Å². The van der Waals surface area contributed by atoms with Crippen LogP contribution in [0.25, 0.3) is 44.0 Å². The number of H-pyrrole nitrogens is 1. The molecule has 0 spiro atoms. The maximum atomic E-state index is 14.0. The maximum absolute atomic E-state index is 14.0. The molecular weight excluding hydrogens is 489 g/mol. The normalized spacial score (nSPS) is 14.1. The number of nitrogens with one attached hydrogen (secondary N) is 1. The van der Waals surface area contributed by atoms with Gasteiger partial charge in [-0.1, -0.05) is 32.0 Å². The number of benzene rings is 3. The Morgan fingerprint density at radius 3 is 2.57 bits per heavy atom. The Labute approximate surface area is 213 Å². The summed E-state index contributed by atoms with van der Waals surface area (Å²) < 4.78 is 39.3. The molecule has 0 atom stereocenters. The van der Waals surface area contributed by atoms with Crippen molar-refractivity contribution >= 4 is 43.1 Å². The lowest BCUT2D eigenvalue weighted by molar-refractivity contribution is 0.552. The van der Waals surface area contributed by atoms with Crippen molar-refractivity contribution in [3.63, 3.8) is 0 Å². The van der Waals surface area contributed by atoms with Crippen molar-refractivity contribution in [1.82, 2.24) is 9.55 Å². The topological polar surface area (TPSA) is 95.7 Å². The highest BCUT2D eigenvalue weighted by atomic mass is 32.3. The Morgan fingerprint density at radius 1 is 1.11 bits per heavy atom. The van der Waals surface area contributed by atoms with Crippen LogP contribution < -0.4 is 5.43 Å². The van der Waals surface area contributed by atoms with Crippen LogP contribution in [0.5, 0.6) is 0 Å². The standard InChI is InChI=1S/C29H24FN3O3S/c1-16(2)10-19-13-24-26(14-23(19)18-4-3-5-21(12-18)37(30,35)36)33(20-7-8-20)29-27(28(24)34)22-9-6-17(15-31)11-25(22)32-29/h3-6,9,11-14,16,20,32H,7-8,10H2,1-2H3. The lowest BCUT2D eigenvalue weighted by Gasteiger charge is -2.18. The molecule has 37 heavy (non-hydrogen) atoms. The maximum Gasteiger partial charge on any atom is 0.332 e. The fraction of sp³-hybridized carbons (Fsp3) is 0.241. The molecule has 0 saturated heterocycles. The molecule has 2 aromatic heterocycles.